The summed E-state index contributed by atoms with van der Waals surface area (Å²) in [4.78, 5) is 20.8. The first kappa shape index (κ1) is 24.1. The fourth-order valence-corrected chi connectivity index (χ4v) is 5.86. The average molecular weight is 493 g/mol. The van der Waals surface area contributed by atoms with Crippen LogP contribution in [0.15, 0.2) is 36.8 Å². The van der Waals surface area contributed by atoms with Gasteiger partial charge in [0.2, 0.25) is 5.88 Å². The lowest BCUT2D eigenvalue weighted by Crippen LogP contribution is -2.42. The van der Waals surface area contributed by atoms with Crippen molar-refractivity contribution >= 4 is 6.09 Å². The molecule has 2 aliphatic carbocycles. The van der Waals surface area contributed by atoms with Crippen molar-refractivity contribution in [3.8, 4) is 5.88 Å². The number of imidazole rings is 1. The third-order valence-corrected chi connectivity index (χ3v) is 7.69. The van der Waals surface area contributed by atoms with E-state index in [4.69, 9.17) is 4.74 Å². The molecule has 2 atom stereocenters. The summed E-state index contributed by atoms with van der Waals surface area (Å²) in [6.07, 6.45) is 1.86. The van der Waals surface area contributed by atoms with Crippen LogP contribution in [0.2, 0.25) is 0 Å². The van der Waals surface area contributed by atoms with Crippen LogP contribution in [-0.4, -0.2) is 62.3 Å². The van der Waals surface area contributed by atoms with Gasteiger partial charge in [0.25, 0.3) is 0 Å². The molecule has 2 unspecified atom stereocenters. The number of fused-ring (bicyclic) bond motifs is 1. The highest BCUT2D eigenvalue weighted by molar-refractivity contribution is 5.70. The molecule has 190 valence electrons. The summed E-state index contributed by atoms with van der Waals surface area (Å²) in [5, 5.41) is 10.7. The fraction of sp³-hybridized carbons (Fsp3) is 0.600. The maximum absolute atomic E-state index is 13.2. The second-order valence-electron chi connectivity index (χ2n) is 10.4. The van der Waals surface area contributed by atoms with E-state index in [0.717, 1.165) is 50.9 Å². The van der Waals surface area contributed by atoms with Gasteiger partial charge in [0.05, 0.1) is 23.7 Å². The molecule has 10 heteroatoms. The number of alkyl halides is 3. The van der Waals surface area contributed by atoms with Crippen LogP contribution in [0.4, 0.5) is 18.0 Å². The number of ether oxygens (including phenoxy) is 1. The molecule has 2 saturated carbocycles. The van der Waals surface area contributed by atoms with E-state index in [1.807, 2.05) is 0 Å². The van der Waals surface area contributed by atoms with Crippen molar-refractivity contribution in [1.82, 2.24) is 19.4 Å². The fourth-order valence-electron chi connectivity index (χ4n) is 5.86. The minimum atomic E-state index is -4.45. The molecule has 1 amide bonds. The molecule has 35 heavy (non-hydrogen) atoms. The van der Waals surface area contributed by atoms with Crippen molar-refractivity contribution in [2.24, 2.45) is 24.8 Å². The maximum Gasteiger partial charge on any atom is 0.416 e. The third kappa shape index (κ3) is 5.48. The molecular weight excluding hydrogens is 461 g/mol. The number of hydrogen-bond donors (Lipinski definition) is 1. The Balaban J connectivity index is 1.24. The van der Waals surface area contributed by atoms with E-state index in [-0.39, 0.29) is 18.3 Å². The summed E-state index contributed by atoms with van der Waals surface area (Å²) in [5.74, 6) is 1.27. The predicted octanol–water partition coefficient (Wildman–Crippen LogP) is 3.92. The number of piperidine rings is 1. The molecule has 5 rings (SSSR count). The summed E-state index contributed by atoms with van der Waals surface area (Å²) in [6, 6.07) is 5.06. The molecule has 1 aromatic heterocycles. The Hall–Kier alpha value is -2.59. The van der Waals surface area contributed by atoms with Crippen LogP contribution in [0.5, 0.6) is 5.88 Å². The number of amides is 1. The van der Waals surface area contributed by atoms with Gasteiger partial charge >= 0.3 is 12.3 Å². The van der Waals surface area contributed by atoms with Gasteiger partial charge in [-0.25, -0.2) is 9.78 Å². The molecule has 3 aliphatic rings. The Bertz CT molecular complexity index is 1050. The minimum Gasteiger partial charge on any atom is -0.389 e. The van der Waals surface area contributed by atoms with Crippen molar-refractivity contribution in [3.05, 3.63) is 47.9 Å². The van der Waals surface area contributed by atoms with Crippen LogP contribution in [-0.2, 0) is 19.8 Å². The standard InChI is InChI=1S/C25H31F3N4O3/c1-30-14-22(29-16-30)35-23(33)32(10-17-5-4-6-18(9-17)25(26,27)28)13-21-19-11-31(12-20(19)21)15-24(34)7-2-3-8-24/h4-6,9,14,16,19-21,34H,2-3,7-8,10-13,15H2,1H3. The van der Waals surface area contributed by atoms with Crippen LogP contribution in [0.25, 0.3) is 0 Å². The highest BCUT2D eigenvalue weighted by Crippen LogP contribution is 2.52. The Labute approximate surface area is 202 Å². The number of aromatic nitrogens is 2. The van der Waals surface area contributed by atoms with Gasteiger partial charge in [-0.05, 0) is 48.3 Å². The normalized spacial score (nSPS) is 25.5. The quantitative estimate of drug-likeness (QED) is 0.635. The number of benzene rings is 1. The first-order valence-corrected chi connectivity index (χ1v) is 12.2. The molecule has 0 radical (unpaired) electrons. The second kappa shape index (κ2) is 9.13. The van der Waals surface area contributed by atoms with E-state index < -0.39 is 23.4 Å². The number of aryl methyl sites for hydroxylation is 1. The van der Waals surface area contributed by atoms with Gasteiger partial charge in [0.1, 0.15) is 0 Å². The zero-order valence-electron chi connectivity index (χ0n) is 19.7. The largest absolute Gasteiger partial charge is 0.416 e. The SMILES string of the molecule is Cn1cnc(OC(=O)N(Cc2cccc(C(F)(F)F)c2)CC2C3CN(CC4(O)CCCC4)CC32)c1. The van der Waals surface area contributed by atoms with Crippen LogP contribution >= 0.6 is 0 Å². The topological polar surface area (TPSA) is 70.8 Å². The zero-order chi connectivity index (χ0) is 24.8. The smallest absolute Gasteiger partial charge is 0.389 e. The van der Waals surface area contributed by atoms with E-state index >= 15 is 0 Å². The average Bonchev–Trinajstić information content (AvgIpc) is 3.22. The van der Waals surface area contributed by atoms with Gasteiger partial charge in [-0.1, -0.05) is 25.0 Å². The number of aliphatic hydroxyl groups is 1. The number of β-amino-alcohol motifs (C(OH)–C–C–N with tert-alkyl or cyclic N) is 1. The third-order valence-electron chi connectivity index (χ3n) is 7.69. The number of hydrogen-bond acceptors (Lipinski definition) is 5. The Kier molecular flexibility index (Phi) is 6.29. The zero-order valence-corrected chi connectivity index (χ0v) is 19.7. The van der Waals surface area contributed by atoms with Crippen molar-refractivity contribution in [2.45, 2.75) is 44.0 Å². The predicted molar refractivity (Wildman–Crippen MR) is 121 cm³/mol. The minimum absolute atomic E-state index is 0.0228. The van der Waals surface area contributed by atoms with Gasteiger partial charge in [0.15, 0.2) is 0 Å². The molecule has 0 spiro atoms. The van der Waals surface area contributed by atoms with Gasteiger partial charge < -0.3 is 19.3 Å². The van der Waals surface area contributed by atoms with Crippen molar-refractivity contribution in [3.63, 3.8) is 0 Å². The van der Waals surface area contributed by atoms with Gasteiger partial charge in [-0.15, -0.1) is 0 Å². The van der Waals surface area contributed by atoms with Gasteiger partial charge in [0, 0.05) is 39.8 Å². The number of halogens is 3. The number of carbonyl (C=O) groups is 1. The van der Waals surface area contributed by atoms with Crippen molar-refractivity contribution < 1.29 is 27.8 Å². The molecule has 3 fully saturated rings. The van der Waals surface area contributed by atoms with E-state index in [1.165, 1.54) is 17.3 Å². The second-order valence-corrected chi connectivity index (χ2v) is 10.4. The molecule has 1 N–H and O–H groups in total. The lowest BCUT2D eigenvalue weighted by atomic mass is 10.0. The summed E-state index contributed by atoms with van der Waals surface area (Å²) < 4.78 is 46.7. The number of nitrogens with zero attached hydrogens (tertiary/aromatic N) is 4. The van der Waals surface area contributed by atoms with Gasteiger partial charge in [-0.2, -0.15) is 13.2 Å². The molecule has 1 aliphatic heterocycles. The molecule has 7 nitrogen and oxygen atoms in total. The van der Waals surface area contributed by atoms with Crippen molar-refractivity contribution in [1.29, 1.82) is 0 Å². The van der Waals surface area contributed by atoms with E-state index in [1.54, 1.807) is 23.9 Å². The Morgan fingerprint density at radius 2 is 1.97 bits per heavy atom. The number of rotatable bonds is 7. The molecule has 2 heterocycles. The van der Waals surface area contributed by atoms with E-state index in [0.29, 0.717) is 30.5 Å². The highest BCUT2D eigenvalue weighted by Gasteiger charge is 2.56. The van der Waals surface area contributed by atoms with Crippen LogP contribution in [0, 0.1) is 17.8 Å². The Morgan fingerprint density at radius 1 is 1.26 bits per heavy atom. The lowest BCUT2D eigenvalue weighted by molar-refractivity contribution is -0.137. The summed E-state index contributed by atoms with van der Waals surface area (Å²) in [6.45, 7) is 2.89. The maximum atomic E-state index is 13.2. The van der Waals surface area contributed by atoms with E-state index in [9.17, 15) is 23.1 Å². The molecular formula is C25H31F3N4O3. The highest BCUT2D eigenvalue weighted by atomic mass is 19.4. The molecule has 2 aromatic rings. The number of likely N-dealkylation sites (tertiary alicyclic amines) is 1. The van der Waals surface area contributed by atoms with Crippen LogP contribution in [0.3, 0.4) is 0 Å². The van der Waals surface area contributed by atoms with Crippen LogP contribution < -0.4 is 4.74 Å². The summed E-state index contributed by atoms with van der Waals surface area (Å²) >= 11 is 0. The number of carbonyl (C=O) groups excluding carboxylic acids is 1. The first-order chi connectivity index (χ1) is 16.6. The summed E-state index contributed by atoms with van der Waals surface area (Å²) in [5.41, 5.74) is -0.917. The van der Waals surface area contributed by atoms with Crippen LogP contribution in [0.1, 0.15) is 36.8 Å². The Morgan fingerprint density at radius 3 is 2.60 bits per heavy atom. The summed E-state index contributed by atoms with van der Waals surface area (Å²) in [7, 11) is 1.75. The van der Waals surface area contributed by atoms with E-state index in [2.05, 4.69) is 9.88 Å². The van der Waals surface area contributed by atoms with Gasteiger partial charge in [-0.3, -0.25) is 4.90 Å². The van der Waals surface area contributed by atoms with Crippen molar-refractivity contribution in [2.75, 3.05) is 26.2 Å². The lowest BCUT2D eigenvalue weighted by Gasteiger charge is -2.30. The molecule has 0 bridgehead atoms. The molecule has 1 saturated heterocycles. The first-order valence-electron chi connectivity index (χ1n) is 12.2. The monoisotopic (exact) mass is 492 g/mol. The molecule has 1 aromatic carbocycles.